The van der Waals surface area contributed by atoms with Crippen molar-refractivity contribution in [3.05, 3.63) is 46.7 Å². The molecule has 1 amide bonds. The summed E-state index contributed by atoms with van der Waals surface area (Å²) in [6.07, 6.45) is 1.67. The van der Waals surface area contributed by atoms with Crippen LogP contribution in [0.1, 0.15) is 70.9 Å². The van der Waals surface area contributed by atoms with Crippen LogP contribution in [0.4, 0.5) is 23.9 Å². The lowest BCUT2D eigenvalue weighted by atomic mass is 9.87. The van der Waals surface area contributed by atoms with Crippen LogP contribution in [0.25, 0.3) is 0 Å². The van der Waals surface area contributed by atoms with Gasteiger partial charge in [0.15, 0.2) is 5.75 Å². The van der Waals surface area contributed by atoms with Crippen LogP contribution >= 0.6 is 11.6 Å². The predicted molar refractivity (Wildman–Crippen MR) is 156 cm³/mol. The molecule has 0 bridgehead atoms. The highest BCUT2D eigenvalue weighted by Crippen LogP contribution is 2.36. The van der Waals surface area contributed by atoms with E-state index in [0.717, 1.165) is 31.6 Å². The van der Waals surface area contributed by atoms with Gasteiger partial charge in [-0.05, 0) is 76.8 Å². The van der Waals surface area contributed by atoms with E-state index in [4.69, 9.17) is 21.1 Å². The molecule has 12 heteroatoms. The highest BCUT2D eigenvalue weighted by atomic mass is 35.5. The van der Waals surface area contributed by atoms with E-state index in [1.165, 1.54) is 0 Å². The molecule has 0 N–H and O–H groups in total. The van der Waals surface area contributed by atoms with Gasteiger partial charge < -0.3 is 24.2 Å². The second kappa shape index (κ2) is 13.7. The number of rotatable bonds is 9. The van der Waals surface area contributed by atoms with Crippen molar-refractivity contribution in [3.8, 4) is 5.75 Å². The van der Waals surface area contributed by atoms with Gasteiger partial charge in [-0.2, -0.15) is 13.2 Å². The number of nitrogens with zero attached hydrogens (tertiary/aromatic N) is 5. The Morgan fingerprint density at radius 2 is 1.76 bits per heavy atom. The molecule has 0 unspecified atom stereocenters. The van der Waals surface area contributed by atoms with Crippen LogP contribution in [0.15, 0.2) is 30.6 Å². The number of aromatic nitrogens is 2. The fourth-order valence-electron chi connectivity index (χ4n) is 5.96. The Kier molecular flexibility index (Phi) is 10.5. The lowest BCUT2D eigenvalue weighted by Gasteiger charge is -2.47. The summed E-state index contributed by atoms with van der Waals surface area (Å²) >= 11 is 6.14. The number of anilines is 1. The van der Waals surface area contributed by atoms with Crippen LogP contribution in [-0.4, -0.2) is 76.3 Å². The maximum atomic E-state index is 13.6. The molecule has 2 aliphatic rings. The van der Waals surface area contributed by atoms with Crippen molar-refractivity contribution in [1.82, 2.24) is 19.8 Å². The number of alkyl halides is 3. The highest BCUT2D eigenvalue weighted by molar-refractivity contribution is 6.30. The summed E-state index contributed by atoms with van der Waals surface area (Å²) < 4.78 is 52.6. The molecule has 0 saturated carbocycles. The maximum absolute atomic E-state index is 13.6. The quantitative estimate of drug-likeness (QED) is 0.309. The van der Waals surface area contributed by atoms with Crippen molar-refractivity contribution >= 4 is 23.6 Å². The van der Waals surface area contributed by atoms with Crippen LogP contribution in [0.2, 0.25) is 5.02 Å². The number of likely N-dealkylation sites (tertiary alicyclic amines) is 2. The van der Waals surface area contributed by atoms with Crippen LogP contribution < -0.4 is 9.64 Å². The van der Waals surface area contributed by atoms with Crippen LogP contribution in [-0.2, 0) is 17.5 Å². The average molecular weight is 612 g/mol. The first-order chi connectivity index (χ1) is 19.9. The summed E-state index contributed by atoms with van der Waals surface area (Å²) in [5.74, 6) is 0.928. The molecule has 1 aromatic carbocycles. The molecular formula is C30H41ClF3N5O3. The van der Waals surface area contributed by atoms with E-state index < -0.39 is 11.7 Å². The third-order valence-electron chi connectivity index (χ3n) is 7.97. The molecule has 8 nitrogen and oxygen atoms in total. The number of amides is 1. The first-order valence-electron chi connectivity index (χ1n) is 14.7. The number of carbonyl (C=O) groups excluding carboxylic acids is 1. The lowest BCUT2D eigenvalue weighted by Crippen LogP contribution is -2.57. The Balaban J connectivity index is 1.65. The standard InChI is InChI=1S/C30H41ClF3N5O3/c1-6-23-13-25(14-24(7-2)39(23)29(40)41-19(3)4)38(17-20-10-21(30(32,33)34)12-22(31)11-20)28-35-15-27(16-36-28)42-26-8-9-37(5)18-26/h10-12,15-16,19,23-26H,6-9,13-14,17-18H2,1-5H3/t23-,24+,25+,26-/m1/s1. The molecule has 0 spiro atoms. The molecule has 2 aromatic rings. The van der Waals surface area contributed by atoms with Gasteiger partial charge in [0.1, 0.15) is 6.10 Å². The minimum Gasteiger partial charge on any atom is -0.486 e. The van der Waals surface area contributed by atoms with Crippen molar-refractivity contribution in [2.75, 3.05) is 25.0 Å². The molecular weight excluding hydrogens is 571 g/mol. The van der Waals surface area contributed by atoms with Gasteiger partial charge in [0.25, 0.3) is 0 Å². The molecule has 0 radical (unpaired) electrons. The summed E-state index contributed by atoms with van der Waals surface area (Å²) in [6.45, 7) is 9.58. The number of benzene rings is 1. The summed E-state index contributed by atoms with van der Waals surface area (Å²) in [5, 5.41) is 0.00934. The molecule has 4 rings (SSSR count). The number of hydrogen-bond acceptors (Lipinski definition) is 7. The lowest BCUT2D eigenvalue weighted by molar-refractivity contribution is -0.137. The van der Waals surface area contributed by atoms with E-state index in [0.29, 0.717) is 42.9 Å². The first kappa shape index (κ1) is 32.1. The summed E-state index contributed by atoms with van der Waals surface area (Å²) in [5.41, 5.74) is -0.407. The van der Waals surface area contributed by atoms with Gasteiger partial charge in [-0.1, -0.05) is 25.4 Å². The monoisotopic (exact) mass is 611 g/mol. The fraction of sp³-hybridized carbons (Fsp3) is 0.633. The summed E-state index contributed by atoms with van der Waals surface area (Å²) in [7, 11) is 2.04. The van der Waals surface area contributed by atoms with Gasteiger partial charge in [-0.25, -0.2) is 14.8 Å². The zero-order valence-electron chi connectivity index (χ0n) is 24.9. The molecule has 2 fully saturated rings. The largest absolute Gasteiger partial charge is 0.486 e. The zero-order chi connectivity index (χ0) is 30.6. The van der Waals surface area contributed by atoms with E-state index in [-0.39, 0.29) is 48.0 Å². The van der Waals surface area contributed by atoms with Gasteiger partial charge in [0, 0.05) is 42.8 Å². The zero-order valence-corrected chi connectivity index (χ0v) is 25.7. The number of ether oxygens (including phenoxy) is 2. The Hall–Kier alpha value is -2.79. The molecule has 2 aliphatic heterocycles. The van der Waals surface area contributed by atoms with Gasteiger partial charge in [0.05, 0.1) is 24.1 Å². The second-order valence-corrected chi connectivity index (χ2v) is 12.0. The molecule has 4 atom stereocenters. The van der Waals surface area contributed by atoms with Crippen molar-refractivity contribution in [1.29, 1.82) is 0 Å². The van der Waals surface area contributed by atoms with Gasteiger partial charge in [-0.3, -0.25) is 0 Å². The second-order valence-electron chi connectivity index (χ2n) is 11.6. The Bertz CT molecular complexity index is 1190. The Morgan fingerprint density at radius 1 is 1.12 bits per heavy atom. The van der Waals surface area contributed by atoms with Crippen molar-refractivity contribution in [2.45, 2.75) is 103 Å². The van der Waals surface area contributed by atoms with Crippen LogP contribution in [0.5, 0.6) is 5.75 Å². The number of halogens is 4. The minimum absolute atomic E-state index is 0.00934. The normalized spacial score (nSPS) is 23.3. The Labute approximate surface area is 251 Å². The molecule has 3 heterocycles. The van der Waals surface area contributed by atoms with E-state index >= 15 is 0 Å². The maximum Gasteiger partial charge on any atom is 0.416 e. The van der Waals surface area contributed by atoms with E-state index in [2.05, 4.69) is 14.9 Å². The molecule has 232 valence electrons. The molecule has 0 aliphatic carbocycles. The van der Waals surface area contributed by atoms with E-state index in [1.807, 2.05) is 44.5 Å². The molecule has 42 heavy (non-hydrogen) atoms. The Morgan fingerprint density at radius 3 is 2.29 bits per heavy atom. The van der Waals surface area contributed by atoms with Gasteiger partial charge in [-0.15, -0.1) is 0 Å². The van der Waals surface area contributed by atoms with Gasteiger partial charge >= 0.3 is 12.3 Å². The van der Waals surface area contributed by atoms with Crippen molar-refractivity contribution in [3.63, 3.8) is 0 Å². The number of carbonyl (C=O) groups is 1. The average Bonchev–Trinajstić information content (AvgIpc) is 3.34. The minimum atomic E-state index is -4.53. The van der Waals surface area contributed by atoms with Crippen molar-refractivity contribution in [2.24, 2.45) is 0 Å². The SMILES string of the molecule is CC[C@@H]1C[C@H](N(Cc2cc(Cl)cc(C(F)(F)F)c2)c2ncc(O[C@@H]3CCN(C)C3)cn2)C[C@H](CC)N1C(=O)OC(C)C. The van der Waals surface area contributed by atoms with Crippen LogP contribution in [0, 0.1) is 0 Å². The number of likely N-dealkylation sites (N-methyl/N-ethyl adjacent to an activating group) is 1. The first-order valence-corrected chi connectivity index (χ1v) is 15.0. The fourth-order valence-corrected chi connectivity index (χ4v) is 6.22. The predicted octanol–water partition coefficient (Wildman–Crippen LogP) is 6.80. The number of hydrogen-bond donors (Lipinski definition) is 0. The van der Waals surface area contributed by atoms with E-state index in [9.17, 15) is 18.0 Å². The highest BCUT2D eigenvalue weighted by Gasteiger charge is 2.41. The number of piperidine rings is 1. The van der Waals surface area contributed by atoms with Crippen LogP contribution in [0.3, 0.4) is 0 Å². The van der Waals surface area contributed by atoms with E-state index in [1.54, 1.807) is 18.5 Å². The third kappa shape index (κ3) is 7.98. The molecule has 1 aromatic heterocycles. The van der Waals surface area contributed by atoms with Crippen molar-refractivity contribution < 1.29 is 27.4 Å². The smallest absolute Gasteiger partial charge is 0.416 e. The summed E-state index contributed by atoms with van der Waals surface area (Å²) in [4.78, 5) is 28.3. The molecule has 2 saturated heterocycles. The topological polar surface area (TPSA) is 71.0 Å². The summed E-state index contributed by atoms with van der Waals surface area (Å²) in [6, 6.07) is 3.21. The van der Waals surface area contributed by atoms with Gasteiger partial charge in [0.2, 0.25) is 5.95 Å². The third-order valence-corrected chi connectivity index (χ3v) is 8.18.